The van der Waals surface area contributed by atoms with Crippen molar-refractivity contribution in [3.8, 4) is 5.75 Å². The molecule has 2 aromatic carbocycles. The van der Waals surface area contributed by atoms with Crippen LogP contribution in [0.15, 0.2) is 48.5 Å². The lowest BCUT2D eigenvalue weighted by Crippen LogP contribution is -2.34. The van der Waals surface area contributed by atoms with Gasteiger partial charge >= 0.3 is 0 Å². The van der Waals surface area contributed by atoms with Crippen LogP contribution in [0.1, 0.15) is 53.7 Å². The summed E-state index contributed by atoms with van der Waals surface area (Å²) in [4.78, 5) is 26.2. The van der Waals surface area contributed by atoms with Crippen molar-refractivity contribution in [1.82, 2.24) is 4.90 Å². The van der Waals surface area contributed by atoms with Crippen molar-refractivity contribution in [3.63, 3.8) is 0 Å². The quantitative estimate of drug-likeness (QED) is 0.728. The maximum absolute atomic E-state index is 12.6. The second-order valence-electron chi connectivity index (χ2n) is 6.75. The van der Waals surface area contributed by atoms with Crippen LogP contribution in [-0.4, -0.2) is 29.7 Å². The Balaban J connectivity index is 1.60. The minimum Gasteiger partial charge on any atom is -0.484 e. The van der Waals surface area contributed by atoms with Gasteiger partial charge < -0.3 is 9.64 Å². The van der Waals surface area contributed by atoms with Crippen molar-refractivity contribution >= 4 is 11.7 Å². The fourth-order valence-electron chi connectivity index (χ4n) is 3.37. The zero-order chi connectivity index (χ0) is 18.5. The third-order valence-corrected chi connectivity index (χ3v) is 4.89. The van der Waals surface area contributed by atoms with E-state index in [1.54, 1.807) is 24.3 Å². The van der Waals surface area contributed by atoms with Crippen LogP contribution in [0, 0.1) is 6.92 Å². The Hall–Kier alpha value is -2.62. The van der Waals surface area contributed by atoms with Gasteiger partial charge in [0, 0.05) is 18.5 Å². The summed E-state index contributed by atoms with van der Waals surface area (Å²) >= 11 is 0. The molecule has 136 valence electrons. The molecule has 1 atom stereocenters. The lowest BCUT2D eigenvalue weighted by Gasteiger charge is -2.25. The molecule has 0 radical (unpaired) electrons. The predicted octanol–water partition coefficient (Wildman–Crippen LogP) is 4.33. The highest BCUT2D eigenvalue weighted by atomic mass is 16.5. The Morgan fingerprint density at radius 1 is 1.08 bits per heavy atom. The predicted molar refractivity (Wildman–Crippen MR) is 101 cm³/mol. The molecule has 2 aromatic rings. The Morgan fingerprint density at radius 3 is 2.42 bits per heavy atom. The average molecular weight is 351 g/mol. The molecule has 4 nitrogen and oxygen atoms in total. The topological polar surface area (TPSA) is 46.6 Å². The third-order valence-electron chi connectivity index (χ3n) is 4.89. The summed E-state index contributed by atoms with van der Waals surface area (Å²) in [7, 11) is 0. The van der Waals surface area contributed by atoms with E-state index < -0.39 is 0 Å². The number of carbonyl (C=O) groups excluding carboxylic acids is 2. The highest BCUT2D eigenvalue weighted by Crippen LogP contribution is 2.32. The SMILES string of the molecule is CCC(=O)c1ccc(OCC(=O)N2CCCC2c2ccc(C)cc2)cc1. The molecular weight excluding hydrogens is 326 g/mol. The number of amides is 1. The molecule has 3 rings (SSSR count). The molecule has 1 aliphatic heterocycles. The highest BCUT2D eigenvalue weighted by Gasteiger charge is 2.29. The first-order valence-electron chi connectivity index (χ1n) is 9.20. The number of hydrogen-bond acceptors (Lipinski definition) is 3. The van der Waals surface area contributed by atoms with Crippen molar-refractivity contribution in [2.45, 2.75) is 39.2 Å². The number of ether oxygens (including phenoxy) is 1. The molecule has 0 bridgehead atoms. The zero-order valence-electron chi connectivity index (χ0n) is 15.4. The summed E-state index contributed by atoms with van der Waals surface area (Å²) in [5.41, 5.74) is 3.08. The Bertz CT molecular complexity index is 765. The third kappa shape index (κ3) is 4.13. The smallest absolute Gasteiger partial charge is 0.261 e. The second kappa shape index (κ2) is 8.17. The summed E-state index contributed by atoms with van der Waals surface area (Å²) in [6.07, 6.45) is 2.48. The highest BCUT2D eigenvalue weighted by molar-refractivity contribution is 5.95. The van der Waals surface area contributed by atoms with E-state index in [1.165, 1.54) is 11.1 Å². The van der Waals surface area contributed by atoms with E-state index in [4.69, 9.17) is 4.74 Å². The largest absolute Gasteiger partial charge is 0.484 e. The van der Waals surface area contributed by atoms with Crippen LogP contribution in [-0.2, 0) is 4.79 Å². The van der Waals surface area contributed by atoms with Crippen LogP contribution in [0.3, 0.4) is 0 Å². The van der Waals surface area contributed by atoms with Gasteiger partial charge in [-0.2, -0.15) is 0 Å². The van der Waals surface area contributed by atoms with Crippen molar-refractivity contribution in [1.29, 1.82) is 0 Å². The number of hydrogen-bond donors (Lipinski definition) is 0. The maximum Gasteiger partial charge on any atom is 0.261 e. The molecule has 1 heterocycles. The number of rotatable bonds is 6. The van der Waals surface area contributed by atoms with Crippen LogP contribution in [0.4, 0.5) is 0 Å². The molecule has 1 unspecified atom stereocenters. The minimum atomic E-state index is 0.00165. The van der Waals surface area contributed by atoms with Gasteiger partial charge in [-0.15, -0.1) is 0 Å². The van der Waals surface area contributed by atoms with Crippen LogP contribution in [0.25, 0.3) is 0 Å². The number of nitrogens with zero attached hydrogens (tertiary/aromatic N) is 1. The summed E-state index contributed by atoms with van der Waals surface area (Å²) in [5, 5.41) is 0. The molecule has 1 amide bonds. The second-order valence-corrected chi connectivity index (χ2v) is 6.75. The molecule has 4 heteroatoms. The summed E-state index contributed by atoms with van der Waals surface area (Å²) in [5.74, 6) is 0.713. The van der Waals surface area contributed by atoms with Crippen LogP contribution >= 0.6 is 0 Å². The van der Waals surface area contributed by atoms with Gasteiger partial charge in [0.15, 0.2) is 12.4 Å². The van der Waals surface area contributed by atoms with Gasteiger partial charge in [0.25, 0.3) is 5.91 Å². The lowest BCUT2D eigenvalue weighted by molar-refractivity contribution is -0.134. The molecule has 1 fully saturated rings. The number of carbonyl (C=O) groups is 2. The molecule has 0 aromatic heterocycles. The van der Waals surface area contributed by atoms with E-state index in [1.807, 2.05) is 11.8 Å². The van der Waals surface area contributed by atoms with Crippen molar-refractivity contribution in [2.75, 3.05) is 13.2 Å². The van der Waals surface area contributed by atoms with Gasteiger partial charge in [-0.3, -0.25) is 9.59 Å². The molecule has 1 aliphatic rings. The van der Waals surface area contributed by atoms with Gasteiger partial charge in [-0.25, -0.2) is 0 Å². The molecule has 26 heavy (non-hydrogen) atoms. The van der Waals surface area contributed by atoms with Gasteiger partial charge in [0.05, 0.1) is 6.04 Å². The normalized spacial score (nSPS) is 16.5. The van der Waals surface area contributed by atoms with E-state index in [0.717, 1.165) is 19.4 Å². The minimum absolute atomic E-state index is 0.00165. The van der Waals surface area contributed by atoms with E-state index in [-0.39, 0.29) is 24.3 Å². The summed E-state index contributed by atoms with van der Waals surface area (Å²) in [6, 6.07) is 15.5. The van der Waals surface area contributed by atoms with E-state index in [0.29, 0.717) is 17.7 Å². The first kappa shape index (κ1) is 18.2. The first-order valence-corrected chi connectivity index (χ1v) is 9.20. The molecule has 0 saturated carbocycles. The number of aryl methyl sites for hydroxylation is 1. The fraction of sp³-hybridized carbons (Fsp3) is 0.364. The van der Waals surface area contributed by atoms with E-state index >= 15 is 0 Å². The van der Waals surface area contributed by atoms with Gasteiger partial charge in [-0.05, 0) is 49.6 Å². The Kier molecular flexibility index (Phi) is 5.71. The summed E-state index contributed by atoms with van der Waals surface area (Å²) < 4.78 is 5.65. The van der Waals surface area contributed by atoms with Crippen molar-refractivity contribution < 1.29 is 14.3 Å². The van der Waals surface area contributed by atoms with Crippen molar-refractivity contribution in [3.05, 3.63) is 65.2 Å². The van der Waals surface area contributed by atoms with Crippen LogP contribution < -0.4 is 4.74 Å². The molecule has 0 spiro atoms. The van der Waals surface area contributed by atoms with Gasteiger partial charge in [-0.1, -0.05) is 36.8 Å². The Labute approximate surface area is 154 Å². The zero-order valence-corrected chi connectivity index (χ0v) is 15.4. The molecule has 1 saturated heterocycles. The Morgan fingerprint density at radius 2 is 1.77 bits per heavy atom. The number of benzene rings is 2. The maximum atomic E-state index is 12.6. The summed E-state index contributed by atoms with van der Waals surface area (Å²) in [6.45, 7) is 4.69. The lowest BCUT2D eigenvalue weighted by atomic mass is 10.0. The molecule has 0 N–H and O–H groups in total. The molecule has 0 aliphatic carbocycles. The monoisotopic (exact) mass is 351 g/mol. The number of Topliss-reactive ketones (excluding diaryl/α,β-unsaturated/α-hetero) is 1. The number of ketones is 1. The van der Waals surface area contributed by atoms with Crippen LogP contribution in [0.2, 0.25) is 0 Å². The molecular formula is C22H25NO3. The van der Waals surface area contributed by atoms with Gasteiger partial charge in [0.1, 0.15) is 5.75 Å². The van der Waals surface area contributed by atoms with Gasteiger partial charge in [0.2, 0.25) is 0 Å². The first-order chi connectivity index (χ1) is 12.6. The number of likely N-dealkylation sites (tertiary alicyclic amines) is 1. The van der Waals surface area contributed by atoms with Crippen molar-refractivity contribution in [2.24, 2.45) is 0 Å². The standard InChI is InChI=1S/C22H25NO3/c1-3-21(24)18-10-12-19(13-11-18)26-15-22(25)23-14-4-5-20(23)17-8-6-16(2)7-9-17/h6-13,20H,3-5,14-15H2,1-2H3. The van der Waals surface area contributed by atoms with Crippen LogP contribution in [0.5, 0.6) is 5.75 Å². The average Bonchev–Trinajstić information content (AvgIpc) is 3.16. The van der Waals surface area contributed by atoms with E-state index in [9.17, 15) is 9.59 Å². The fourth-order valence-corrected chi connectivity index (χ4v) is 3.37. The van der Waals surface area contributed by atoms with E-state index in [2.05, 4.69) is 31.2 Å².